The number of rotatable bonds is 7. The Morgan fingerprint density at radius 3 is 2.52 bits per heavy atom. The highest BCUT2D eigenvalue weighted by molar-refractivity contribution is 5.51. The van der Waals surface area contributed by atoms with Gasteiger partial charge >= 0.3 is 0 Å². The number of nitrogens with zero attached hydrogens (tertiary/aromatic N) is 6. The highest BCUT2D eigenvalue weighted by Gasteiger charge is 2.27. The van der Waals surface area contributed by atoms with Crippen LogP contribution < -0.4 is 4.90 Å². The van der Waals surface area contributed by atoms with E-state index in [1.807, 2.05) is 12.4 Å². The minimum atomic E-state index is 0.338. The zero-order chi connectivity index (χ0) is 20.2. The fourth-order valence-electron chi connectivity index (χ4n) is 4.11. The number of ether oxygens (including phenoxy) is 1. The molecule has 4 heterocycles. The minimum absolute atomic E-state index is 0.338. The monoisotopic (exact) mass is 396 g/mol. The lowest BCUT2D eigenvalue weighted by Crippen LogP contribution is -2.34. The van der Waals surface area contributed by atoms with Crippen molar-refractivity contribution in [1.29, 1.82) is 0 Å². The van der Waals surface area contributed by atoms with Crippen LogP contribution in [0.1, 0.15) is 61.1 Å². The zero-order valence-electron chi connectivity index (χ0n) is 17.9. The molecule has 2 aromatic rings. The molecule has 29 heavy (non-hydrogen) atoms. The molecule has 1 fully saturated rings. The van der Waals surface area contributed by atoms with Gasteiger partial charge in [-0.1, -0.05) is 13.8 Å². The first-order valence-electron chi connectivity index (χ1n) is 10.8. The summed E-state index contributed by atoms with van der Waals surface area (Å²) in [6.07, 6.45) is 8.18. The third-order valence-electron chi connectivity index (χ3n) is 5.76. The van der Waals surface area contributed by atoms with Crippen LogP contribution in [0.4, 0.5) is 5.82 Å². The summed E-state index contributed by atoms with van der Waals surface area (Å²) in [6.45, 7) is 9.99. The average Bonchev–Trinajstić information content (AvgIpc) is 3.27. The number of anilines is 1. The Labute approximate surface area is 173 Å². The standard InChI is InChI=1S/C22H32N6O/c1-16(2)21-25-19-15-27(14-17-12-23-20(24-13-17)7-11-29-3)10-6-18(19)22(26-21)28-8-4-5-9-28/h12-13,16H,4-11,14-15H2,1-3H3. The first kappa shape index (κ1) is 20.2. The van der Waals surface area contributed by atoms with Crippen molar-refractivity contribution >= 4 is 5.82 Å². The highest BCUT2D eigenvalue weighted by Crippen LogP contribution is 2.30. The molecule has 0 unspecified atom stereocenters. The molecule has 0 N–H and O–H groups in total. The number of aromatic nitrogens is 4. The number of fused-ring (bicyclic) bond motifs is 1. The second kappa shape index (κ2) is 9.13. The van der Waals surface area contributed by atoms with Gasteiger partial charge in [-0.15, -0.1) is 0 Å². The van der Waals surface area contributed by atoms with Gasteiger partial charge in [0.2, 0.25) is 0 Å². The first-order chi connectivity index (χ1) is 14.1. The van der Waals surface area contributed by atoms with Crippen molar-refractivity contribution < 1.29 is 4.74 Å². The van der Waals surface area contributed by atoms with Gasteiger partial charge < -0.3 is 9.64 Å². The lowest BCUT2D eigenvalue weighted by Gasteiger charge is -2.31. The van der Waals surface area contributed by atoms with Crippen molar-refractivity contribution in [3.63, 3.8) is 0 Å². The van der Waals surface area contributed by atoms with E-state index in [4.69, 9.17) is 14.7 Å². The quantitative estimate of drug-likeness (QED) is 0.713. The van der Waals surface area contributed by atoms with Crippen molar-refractivity contribution in [2.45, 2.75) is 58.5 Å². The molecular formula is C22H32N6O. The summed E-state index contributed by atoms with van der Waals surface area (Å²) in [5.74, 6) is 3.34. The van der Waals surface area contributed by atoms with E-state index in [0.717, 1.165) is 62.8 Å². The van der Waals surface area contributed by atoms with E-state index in [1.54, 1.807) is 7.11 Å². The molecule has 0 saturated carbocycles. The van der Waals surface area contributed by atoms with Crippen LogP contribution >= 0.6 is 0 Å². The number of methoxy groups -OCH3 is 1. The molecule has 2 aliphatic heterocycles. The second-order valence-corrected chi connectivity index (χ2v) is 8.39. The summed E-state index contributed by atoms with van der Waals surface area (Å²) in [5, 5.41) is 0. The van der Waals surface area contributed by atoms with Crippen LogP contribution in [-0.2, 0) is 30.7 Å². The van der Waals surface area contributed by atoms with Crippen LogP contribution in [-0.4, -0.2) is 58.2 Å². The molecule has 0 radical (unpaired) electrons. The molecule has 7 heteroatoms. The van der Waals surface area contributed by atoms with Gasteiger partial charge in [0, 0.05) is 75.7 Å². The van der Waals surface area contributed by atoms with E-state index in [0.29, 0.717) is 12.5 Å². The fraction of sp³-hybridized carbons (Fsp3) is 0.636. The Morgan fingerprint density at radius 1 is 1.07 bits per heavy atom. The highest BCUT2D eigenvalue weighted by atomic mass is 16.5. The van der Waals surface area contributed by atoms with Crippen molar-refractivity contribution in [2.24, 2.45) is 0 Å². The Kier molecular flexibility index (Phi) is 6.35. The van der Waals surface area contributed by atoms with Gasteiger partial charge in [0.1, 0.15) is 17.5 Å². The second-order valence-electron chi connectivity index (χ2n) is 8.39. The zero-order valence-corrected chi connectivity index (χ0v) is 17.9. The first-order valence-corrected chi connectivity index (χ1v) is 10.8. The lowest BCUT2D eigenvalue weighted by atomic mass is 10.0. The van der Waals surface area contributed by atoms with Gasteiger partial charge in [-0.3, -0.25) is 4.90 Å². The summed E-state index contributed by atoms with van der Waals surface area (Å²) in [7, 11) is 1.70. The summed E-state index contributed by atoms with van der Waals surface area (Å²) in [5.41, 5.74) is 3.71. The molecule has 0 aromatic carbocycles. The summed E-state index contributed by atoms with van der Waals surface area (Å²) in [4.78, 5) is 23.8. The summed E-state index contributed by atoms with van der Waals surface area (Å²) in [6, 6.07) is 0. The van der Waals surface area contributed by atoms with Crippen molar-refractivity contribution in [3.8, 4) is 0 Å². The Bertz CT molecular complexity index is 817. The molecule has 1 saturated heterocycles. The molecule has 0 atom stereocenters. The smallest absolute Gasteiger partial charge is 0.135 e. The van der Waals surface area contributed by atoms with Gasteiger partial charge in [0.05, 0.1) is 12.3 Å². The average molecular weight is 397 g/mol. The number of hydrogen-bond acceptors (Lipinski definition) is 7. The van der Waals surface area contributed by atoms with E-state index in [-0.39, 0.29) is 0 Å². The fourth-order valence-corrected chi connectivity index (χ4v) is 4.11. The third kappa shape index (κ3) is 4.73. The van der Waals surface area contributed by atoms with Gasteiger partial charge in [-0.25, -0.2) is 19.9 Å². The van der Waals surface area contributed by atoms with E-state index in [1.165, 1.54) is 29.9 Å². The van der Waals surface area contributed by atoms with Crippen molar-refractivity contribution in [2.75, 3.05) is 38.3 Å². The normalized spacial score (nSPS) is 17.2. The molecule has 4 rings (SSSR count). The summed E-state index contributed by atoms with van der Waals surface area (Å²) < 4.78 is 5.10. The predicted octanol–water partition coefficient (Wildman–Crippen LogP) is 2.74. The summed E-state index contributed by atoms with van der Waals surface area (Å²) >= 11 is 0. The number of hydrogen-bond donors (Lipinski definition) is 0. The van der Waals surface area contributed by atoms with Crippen LogP contribution in [0, 0.1) is 0 Å². The van der Waals surface area contributed by atoms with Gasteiger partial charge in [0.15, 0.2) is 0 Å². The van der Waals surface area contributed by atoms with Crippen LogP contribution in [0.3, 0.4) is 0 Å². The molecular weight excluding hydrogens is 364 g/mol. The molecule has 0 spiro atoms. The van der Waals surface area contributed by atoms with Crippen LogP contribution in [0.25, 0.3) is 0 Å². The molecule has 2 aliphatic rings. The Balaban J connectivity index is 1.50. The maximum absolute atomic E-state index is 5.10. The van der Waals surface area contributed by atoms with Crippen molar-refractivity contribution in [3.05, 3.63) is 40.9 Å². The van der Waals surface area contributed by atoms with Gasteiger partial charge in [-0.05, 0) is 19.3 Å². The minimum Gasteiger partial charge on any atom is -0.384 e. The van der Waals surface area contributed by atoms with Crippen LogP contribution in [0.15, 0.2) is 12.4 Å². The molecule has 0 bridgehead atoms. The molecule has 156 valence electrons. The molecule has 0 aliphatic carbocycles. The van der Waals surface area contributed by atoms with Gasteiger partial charge in [-0.2, -0.15) is 0 Å². The Hall–Kier alpha value is -2.12. The Morgan fingerprint density at radius 2 is 1.83 bits per heavy atom. The lowest BCUT2D eigenvalue weighted by molar-refractivity contribution is 0.200. The third-order valence-corrected chi connectivity index (χ3v) is 5.76. The van der Waals surface area contributed by atoms with Gasteiger partial charge in [0.25, 0.3) is 0 Å². The van der Waals surface area contributed by atoms with E-state index < -0.39 is 0 Å². The predicted molar refractivity (Wildman–Crippen MR) is 113 cm³/mol. The van der Waals surface area contributed by atoms with E-state index >= 15 is 0 Å². The molecule has 2 aromatic heterocycles. The van der Waals surface area contributed by atoms with E-state index in [9.17, 15) is 0 Å². The largest absolute Gasteiger partial charge is 0.384 e. The molecule has 0 amide bonds. The van der Waals surface area contributed by atoms with Crippen LogP contribution in [0.2, 0.25) is 0 Å². The van der Waals surface area contributed by atoms with Crippen LogP contribution in [0.5, 0.6) is 0 Å². The topological polar surface area (TPSA) is 67.3 Å². The van der Waals surface area contributed by atoms with E-state index in [2.05, 4.69) is 33.6 Å². The maximum Gasteiger partial charge on any atom is 0.135 e. The molecule has 7 nitrogen and oxygen atoms in total. The maximum atomic E-state index is 5.10. The van der Waals surface area contributed by atoms with Crippen molar-refractivity contribution in [1.82, 2.24) is 24.8 Å². The SMILES string of the molecule is COCCc1ncc(CN2CCc3c(nc(C(C)C)nc3N3CCCC3)C2)cn1.